The minimum Gasteiger partial charge on any atom is -0.453 e. The van der Waals surface area contributed by atoms with Crippen molar-refractivity contribution in [1.82, 2.24) is 0 Å². The van der Waals surface area contributed by atoms with Crippen LogP contribution in [-0.2, 0) is 25.2 Å². The molecule has 0 heterocycles. The second-order valence-corrected chi connectivity index (χ2v) is 12.7. The van der Waals surface area contributed by atoms with Gasteiger partial charge in [0, 0.05) is 21.1 Å². The number of hydrogen-bond acceptors (Lipinski definition) is 1. The molecular weight excluding hydrogens is 363 g/mol. The summed E-state index contributed by atoms with van der Waals surface area (Å²) >= 11 is 0. The topological polar surface area (TPSA) is 9.23 Å². The Morgan fingerprint density at radius 1 is 1.25 bits per heavy atom. The summed E-state index contributed by atoms with van der Waals surface area (Å²) in [5, 5.41) is 0. The first-order chi connectivity index (χ1) is 4.83. The molecule has 0 aliphatic rings. The van der Waals surface area contributed by atoms with Gasteiger partial charge in [0.2, 0.25) is 0 Å². The molecule has 0 aromatic heterocycles. The molecule has 0 aliphatic heterocycles. The van der Waals surface area contributed by atoms with Crippen molar-refractivity contribution in [2.75, 3.05) is 0 Å². The standard InChI is InChI=1S/C8H20OSi2.Pt/c1-7-10(3,4)9-11(5,6)8-2;/h7H,1,8H2,2-6H3;. The van der Waals surface area contributed by atoms with Gasteiger partial charge in [0.05, 0.1) is 0 Å². The van der Waals surface area contributed by atoms with Gasteiger partial charge < -0.3 is 4.12 Å². The minimum atomic E-state index is -1.51. The van der Waals surface area contributed by atoms with Gasteiger partial charge in [0.15, 0.2) is 16.6 Å². The van der Waals surface area contributed by atoms with E-state index in [2.05, 4.69) is 39.7 Å². The first kappa shape index (κ1) is 15.3. The van der Waals surface area contributed by atoms with Crippen LogP contribution in [0.2, 0.25) is 32.2 Å². The largest absolute Gasteiger partial charge is 0.453 e. The third-order valence-electron chi connectivity index (χ3n) is 1.88. The molecule has 0 saturated carbocycles. The Balaban J connectivity index is 0. The number of rotatable bonds is 4. The summed E-state index contributed by atoms with van der Waals surface area (Å²) < 4.78 is 6.08. The molecule has 0 amide bonds. The molecule has 0 unspecified atom stereocenters. The van der Waals surface area contributed by atoms with Crippen LogP contribution < -0.4 is 0 Å². The van der Waals surface area contributed by atoms with E-state index in [1.807, 2.05) is 5.70 Å². The number of hydrogen-bond donors (Lipinski definition) is 0. The fourth-order valence-electron chi connectivity index (χ4n) is 0.826. The second-order valence-electron chi connectivity index (χ2n) is 4.02. The van der Waals surface area contributed by atoms with Crippen LogP contribution in [0.15, 0.2) is 12.3 Å². The van der Waals surface area contributed by atoms with Crippen molar-refractivity contribution in [3.8, 4) is 0 Å². The first-order valence-electron chi connectivity index (χ1n) is 4.17. The van der Waals surface area contributed by atoms with Crippen LogP contribution in [0.4, 0.5) is 0 Å². The van der Waals surface area contributed by atoms with Crippen molar-refractivity contribution >= 4 is 16.6 Å². The Bertz CT molecular complexity index is 146. The van der Waals surface area contributed by atoms with Gasteiger partial charge in [-0.15, -0.1) is 6.58 Å². The third kappa shape index (κ3) is 6.35. The van der Waals surface area contributed by atoms with Crippen LogP contribution in [-0.4, -0.2) is 16.6 Å². The van der Waals surface area contributed by atoms with Gasteiger partial charge in [0.1, 0.15) is 0 Å². The van der Waals surface area contributed by atoms with Crippen LogP contribution in [0.25, 0.3) is 0 Å². The summed E-state index contributed by atoms with van der Waals surface area (Å²) in [6.45, 7) is 15.0. The minimum absolute atomic E-state index is 0. The molecule has 0 saturated heterocycles. The van der Waals surface area contributed by atoms with Gasteiger partial charge in [0.25, 0.3) is 0 Å². The molecule has 1 nitrogen and oxygen atoms in total. The third-order valence-corrected chi connectivity index (χ3v) is 8.88. The summed E-state index contributed by atoms with van der Waals surface area (Å²) in [4.78, 5) is 0. The maximum absolute atomic E-state index is 6.08. The molecule has 0 bridgehead atoms. The molecule has 0 aliphatic carbocycles. The Hall–Kier alpha value is 0.822. The summed E-state index contributed by atoms with van der Waals surface area (Å²) in [5.74, 6) is 0. The van der Waals surface area contributed by atoms with Gasteiger partial charge in [-0.05, 0) is 32.2 Å². The molecule has 0 aromatic carbocycles. The molecule has 0 radical (unpaired) electrons. The van der Waals surface area contributed by atoms with Crippen LogP contribution >= 0.6 is 0 Å². The van der Waals surface area contributed by atoms with Crippen molar-refractivity contribution in [3.63, 3.8) is 0 Å². The molecule has 0 atom stereocenters. The maximum Gasteiger partial charge on any atom is 0.197 e. The van der Waals surface area contributed by atoms with Gasteiger partial charge >= 0.3 is 0 Å². The van der Waals surface area contributed by atoms with Gasteiger partial charge in [-0.2, -0.15) is 0 Å². The van der Waals surface area contributed by atoms with E-state index in [1.54, 1.807) is 0 Å². The normalized spacial score (nSPS) is 12.1. The molecule has 76 valence electrons. The predicted octanol–water partition coefficient (Wildman–Crippen LogP) is 3.16. The van der Waals surface area contributed by atoms with Crippen molar-refractivity contribution in [3.05, 3.63) is 12.3 Å². The van der Waals surface area contributed by atoms with E-state index in [9.17, 15) is 0 Å². The van der Waals surface area contributed by atoms with E-state index in [1.165, 1.54) is 6.04 Å². The van der Waals surface area contributed by atoms with E-state index in [0.717, 1.165) is 0 Å². The van der Waals surface area contributed by atoms with Crippen LogP contribution in [0.3, 0.4) is 0 Å². The van der Waals surface area contributed by atoms with Gasteiger partial charge in [-0.25, -0.2) is 0 Å². The van der Waals surface area contributed by atoms with Crippen LogP contribution in [0.5, 0.6) is 0 Å². The zero-order chi connectivity index (χ0) is 9.12. The van der Waals surface area contributed by atoms with Crippen molar-refractivity contribution in [2.24, 2.45) is 0 Å². The monoisotopic (exact) mass is 383 g/mol. The molecule has 4 heteroatoms. The maximum atomic E-state index is 6.08. The fourth-order valence-corrected chi connectivity index (χ4v) is 7.43. The average molecular weight is 383 g/mol. The summed E-state index contributed by atoms with van der Waals surface area (Å²) in [6, 6.07) is 1.19. The van der Waals surface area contributed by atoms with Crippen molar-refractivity contribution < 1.29 is 25.2 Å². The van der Waals surface area contributed by atoms with E-state index in [0.29, 0.717) is 0 Å². The SMILES string of the molecule is C=C[Si](C)(C)O[Si](C)(C)CC.[Pt]. The van der Waals surface area contributed by atoms with Crippen molar-refractivity contribution in [2.45, 2.75) is 39.2 Å². The quantitative estimate of drug-likeness (QED) is 0.678. The molecule has 0 aromatic rings. The molecule has 0 fully saturated rings. The smallest absolute Gasteiger partial charge is 0.197 e. The summed E-state index contributed by atoms with van der Waals surface area (Å²) in [6.07, 6.45) is 0. The van der Waals surface area contributed by atoms with E-state index in [-0.39, 0.29) is 21.1 Å². The zero-order valence-corrected chi connectivity index (χ0v) is 13.0. The van der Waals surface area contributed by atoms with Gasteiger partial charge in [-0.1, -0.05) is 12.6 Å². The van der Waals surface area contributed by atoms with Crippen molar-refractivity contribution in [1.29, 1.82) is 0 Å². The summed E-state index contributed by atoms with van der Waals surface area (Å²) in [7, 11) is -2.85. The Labute approximate surface area is 93.1 Å². The van der Waals surface area contributed by atoms with Crippen LogP contribution in [0, 0.1) is 0 Å². The van der Waals surface area contributed by atoms with E-state index < -0.39 is 16.6 Å². The average Bonchev–Trinajstić information content (AvgIpc) is 1.86. The molecule has 0 N–H and O–H groups in total. The van der Waals surface area contributed by atoms with Gasteiger partial charge in [-0.3, -0.25) is 0 Å². The predicted molar refractivity (Wildman–Crippen MR) is 56.7 cm³/mol. The molecular formula is C8H20OPtSi2. The first-order valence-corrected chi connectivity index (χ1v) is 10.3. The Morgan fingerprint density at radius 2 is 1.67 bits per heavy atom. The molecule has 0 spiro atoms. The van der Waals surface area contributed by atoms with Crippen LogP contribution in [0.1, 0.15) is 6.92 Å². The Morgan fingerprint density at radius 3 is 1.92 bits per heavy atom. The van der Waals surface area contributed by atoms with E-state index in [4.69, 9.17) is 4.12 Å². The Kier molecular flexibility index (Phi) is 7.05. The fraction of sp³-hybridized carbons (Fsp3) is 0.750. The molecule has 0 rings (SSSR count). The zero-order valence-electron chi connectivity index (χ0n) is 8.72. The second kappa shape index (κ2) is 5.53. The molecule has 12 heavy (non-hydrogen) atoms. The summed E-state index contributed by atoms with van der Waals surface area (Å²) in [5.41, 5.74) is 2.01. The van der Waals surface area contributed by atoms with E-state index >= 15 is 0 Å².